The molecule has 1 fully saturated rings. The van der Waals surface area contributed by atoms with Crippen molar-refractivity contribution in [1.29, 1.82) is 0 Å². The van der Waals surface area contributed by atoms with Gasteiger partial charge in [-0.1, -0.05) is 11.6 Å². The third-order valence-electron chi connectivity index (χ3n) is 4.04. The zero-order valence-corrected chi connectivity index (χ0v) is 13.5. The molecule has 1 amide bonds. The van der Waals surface area contributed by atoms with Gasteiger partial charge in [-0.05, 0) is 55.0 Å². The summed E-state index contributed by atoms with van der Waals surface area (Å²) in [4.78, 5) is 17.0. The van der Waals surface area contributed by atoms with Gasteiger partial charge in [0.1, 0.15) is 0 Å². The Bertz CT molecular complexity index is 641. The van der Waals surface area contributed by atoms with Crippen LogP contribution in [0.5, 0.6) is 0 Å². The molecule has 0 radical (unpaired) electrons. The molecule has 1 atom stereocenters. The standard InChI is InChI=1S/C16H17ClN2O2S/c17-15-2-1-14(22-15)16(21)19-13(11-8-12(20)9-11)7-10-3-5-18-6-4-10/h1-6,11-13,20H,7-9H2,(H,19,21)/t11?,12?,13-/m1/s1. The van der Waals surface area contributed by atoms with Crippen LogP contribution in [0.15, 0.2) is 36.7 Å². The van der Waals surface area contributed by atoms with E-state index >= 15 is 0 Å². The van der Waals surface area contributed by atoms with Crippen LogP contribution >= 0.6 is 22.9 Å². The van der Waals surface area contributed by atoms with Crippen molar-refractivity contribution in [3.8, 4) is 0 Å². The van der Waals surface area contributed by atoms with Crippen molar-refractivity contribution < 1.29 is 9.90 Å². The number of rotatable bonds is 5. The van der Waals surface area contributed by atoms with Gasteiger partial charge in [-0.3, -0.25) is 9.78 Å². The number of carbonyl (C=O) groups is 1. The van der Waals surface area contributed by atoms with E-state index in [2.05, 4.69) is 10.3 Å². The minimum Gasteiger partial charge on any atom is -0.393 e. The smallest absolute Gasteiger partial charge is 0.261 e. The van der Waals surface area contributed by atoms with Gasteiger partial charge < -0.3 is 10.4 Å². The number of carbonyl (C=O) groups excluding carboxylic acids is 1. The zero-order chi connectivity index (χ0) is 15.5. The first-order chi connectivity index (χ1) is 10.6. The fourth-order valence-corrected chi connectivity index (χ4v) is 3.69. The minimum atomic E-state index is -0.238. The maximum atomic E-state index is 12.4. The Balaban J connectivity index is 1.69. The number of hydrogen-bond acceptors (Lipinski definition) is 4. The second kappa shape index (κ2) is 6.77. The van der Waals surface area contributed by atoms with Gasteiger partial charge >= 0.3 is 0 Å². The molecular weight excluding hydrogens is 320 g/mol. The van der Waals surface area contributed by atoms with Crippen molar-refractivity contribution in [2.75, 3.05) is 0 Å². The summed E-state index contributed by atoms with van der Waals surface area (Å²) >= 11 is 7.17. The molecular formula is C16H17ClN2O2S. The number of hydrogen-bond donors (Lipinski definition) is 2. The lowest BCUT2D eigenvalue weighted by molar-refractivity contribution is 0.0240. The number of amides is 1. The number of thiophene rings is 1. The third kappa shape index (κ3) is 3.66. The molecule has 1 saturated carbocycles. The molecule has 3 rings (SSSR count). The fourth-order valence-electron chi connectivity index (χ4n) is 2.74. The topological polar surface area (TPSA) is 62.2 Å². The molecule has 0 saturated heterocycles. The van der Waals surface area contributed by atoms with Crippen molar-refractivity contribution in [3.05, 3.63) is 51.4 Å². The van der Waals surface area contributed by atoms with Crippen LogP contribution in [0.1, 0.15) is 28.1 Å². The first-order valence-corrected chi connectivity index (χ1v) is 8.44. The van der Waals surface area contributed by atoms with E-state index in [4.69, 9.17) is 11.6 Å². The predicted molar refractivity (Wildman–Crippen MR) is 87.3 cm³/mol. The summed E-state index contributed by atoms with van der Waals surface area (Å²) in [5.41, 5.74) is 1.13. The van der Waals surface area contributed by atoms with Gasteiger partial charge in [0.2, 0.25) is 0 Å². The number of halogens is 1. The molecule has 0 spiro atoms. The Labute approximate surface area is 138 Å². The molecule has 1 aliphatic carbocycles. The van der Waals surface area contributed by atoms with Crippen LogP contribution in [0, 0.1) is 5.92 Å². The summed E-state index contributed by atoms with van der Waals surface area (Å²) in [7, 11) is 0. The maximum absolute atomic E-state index is 12.4. The Kier molecular flexibility index (Phi) is 4.76. The molecule has 0 aliphatic heterocycles. The number of aliphatic hydroxyl groups is 1. The second-order valence-electron chi connectivity index (χ2n) is 5.63. The zero-order valence-electron chi connectivity index (χ0n) is 11.9. The van der Waals surface area contributed by atoms with Crippen molar-refractivity contribution in [2.24, 2.45) is 5.92 Å². The molecule has 1 aliphatic rings. The highest BCUT2D eigenvalue weighted by atomic mass is 35.5. The van der Waals surface area contributed by atoms with Crippen molar-refractivity contribution in [1.82, 2.24) is 10.3 Å². The lowest BCUT2D eigenvalue weighted by atomic mass is 9.75. The van der Waals surface area contributed by atoms with Crippen LogP contribution in [0.4, 0.5) is 0 Å². The van der Waals surface area contributed by atoms with Crippen LogP contribution in [0.3, 0.4) is 0 Å². The van der Waals surface area contributed by atoms with Crippen molar-refractivity contribution in [3.63, 3.8) is 0 Å². The molecule has 2 aromatic heterocycles. The molecule has 2 aromatic rings. The predicted octanol–water partition coefficient (Wildman–Crippen LogP) is 2.91. The van der Waals surface area contributed by atoms with Gasteiger partial charge in [-0.15, -0.1) is 11.3 Å². The van der Waals surface area contributed by atoms with Gasteiger partial charge in [-0.25, -0.2) is 0 Å². The van der Waals surface area contributed by atoms with Crippen LogP contribution in [-0.4, -0.2) is 28.1 Å². The summed E-state index contributed by atoms with van der Waals surface area (Å²) in [6, 6.07) is 7.39. The number of aromatic nitrogens is 1. The van der Waals surface area contributed by atoms with E-state index in [-0.39, 0.29) is 18.1 Å². The van der Waals surface area contributed by atoms with Crippen LogP contribution in [-0.2, 0) is 6.42 Å². The van der Waals surface area contributed by atoms with Gasteiger partial charge in [0, 0.05) is 18.4 Å². The lowest BCUT2D eigenvalue weighted by Crippen LogP contribution is -2.48. The third-order valence-corrected chi connectivity index (χ3v) is 5.27. The van der Waals surface area contributed by atoms with E-state index in [1.807, 2.05) is 12.1 Å². The maximum Gasteiger partial charge on any atom is 0.261 e. The molecule has 0 bridgehead atoms. The van der Waals surface area contributed by atoms with E-state index in [1.54, 1.807) is 24.5 Å². The summed E-state index contributed by atoms with van der Waals surface area (Å²) in [6.45, 7) is 0. The number of nitrogens with zero attached hydrogens (tertiary/aromatic N) is 1. The van der Waals surface area contributed by atoms with Crippen molar-refractivity contribution in [2.45, 2.75) is 31.4 Å². The van der Waals surface area contributed by atoms with Crippen molar-refractivity contribution >= 4 is 28.8 Å². The van der Waals surface area contributed by atoms with E-state index in [0.29, 0.717) is 15.1 Å². The van der Waals surface area contributed by atoms with E-state index in [9.17, 15) is 9.90 Å². The normalized spacial score (nSPS) is 21.9. The molecule has 0 unspecified atom stereocenters. The number of pyridine rings is 1. The van der Waals surface area contributed by atoms with Gasteiger partial charge in [0.05, 0.1) is 15.3 Å². The average Bonchev–Trinajstić information content (AvgIpc) is 2.91. The first kappa shape index (κ1) is 15.5. The van der Waals surface area contributed by atoms with Gasteiger partial charge in [0.15, 0.2) is 0 Å². The SMILES string of the molecule is O=C(N[C@H](Cc1ccncc1)C1CC(O)C1)c1ccc(Cl)s1. The summed E-state index contributed by atoms with van der Waals surface area (Å²) < 4.78 is 0.606. The molecule has 2 N–H and O–H groups in total. The number of nitrogens with one attached hydrogen (secondary N) is 1. The highest BCUT2D eigenvalue weighted by Crippen LogP contribution is 2.32. The van der Waals surface area contributed by atoms with E-state index < -0.39 is 0 Å². The Morgan fingerprint density at radius 3 is 2.68 bits per heavy atom. The summed E-state index contributed by atoms with van der Waals surface area (Å²) in [6.07, 6.45) is 5.48. The molecule has 0 aromatic carbocycles. The fraction of sp³-hybridized carbons (Fsp3) is 0.375. The van der Waals surface area contributed by atoms with Crippen LogP contribution in [0.2, 0.25) is 4.34 Å². The molecule has 2 heterocycles. The van der Waals surface area contributed by atoms with Crippen LogP contribution in [0.25, 0.3) is 0 Å². The Hall–Kier alpha value is -1.43. The molecule has 116 valence electrons. The summed E-state index contributed by atoms with van der Waals surface area (Å²) in [5.74, 6) is 0.208. The highest BCUT2D eigenvalue weighted by molar-refractivity contribution is 7.17. The molecule has 6 heteroatoms. The molecule has 22 heavy (non-hydrogen) atoms. The lowest BCUT2D eigenvalue weighted by Gasteiger charge is -2.38. The highest BCUT2D eigenvalue weighted by Gasteiger charge is 2.35. The Morgan fingerprint density at radius 1 is 1.36 bits per heavy atom. The second-order valence-corrected chi connectivity index (χ2v) is 7.34. The van der Waals surface area contributed by atoms with Gasteiger partial charge in [-0.2, -0.15) is 0 Å². The monoisotopic (exact) mass is 336 g/mol. The van der Waals surface area contributed by atoms with Gasteiger partial charge in [0.25, 0.3) is 5.91 Å². The summed E-state index contributed by atoms with van der Waals surface area (Å²) in [5, 5.41) is 12.6. The minimum absolute atomic E-state index is 0.0131. The number of aliphatic hydroxyl groups excluding tert-OH is 1. The average molecular weight is 337 g/mol. The Morgan fingerprint density at radius 2 is 2.09 bits per heavy atom. The van der Waals surface area contributed by atoms with E-state index in [1.165, 1.54) is 11.3 Å². The largest absolute Gasteiger partial charge is 0.393 e. The quantitative estimate of drug-likeness (QED) is 0.882. The van der Waals surface area contributed by atoms with Crippen LogP contribution < -0.4 is 5.32 Å². The first-order valence-electron chi connectivity index (χ1n) is 7.25. The molecule has 4 nitrogen and oxygen atoms in total. The van der Waals surface area contributed by atoms with E-state index in [0.717, 1.165) is 24.8 Å².